The molecule has 0 unspecified atom stereocenters. The Hall–Kier alpha value is -1.81. The molecule has 1 heterocycles. The van der Waals surface area contributed by atoms with Crippen LogP contribution < -0.4 is 5.32 Å². The molecule has 0 aliphatic carbocycles. The van der Waals surface area contributed by atoms with E-state index in [0.29, 0.717) is 12.1 Å². The van der Waals surface area contributed by atoms with Gasteiger partial charge in [-0.25, -0.2) is 0 Å². The van der Waals surface area contributed by atoms with Gasteiger partial charge in [0.15, 0.2) is 0 Å². The van der Waals surface area contributed by atoms with E-state index in [1.54, 1.807) is 17.8 Å². The molecule has 0 bridgehead atoms. The molecule has 0 fully saturated rings. The number of benzene rings is 1. The highest BCUT2D eigenvalue weighted by Gasteiger charge is 2.15. The fourth-order valence-electron chi connectivity index (χ4n) is 2.17. The highest BCUT2D eigenvalue weighted by molar-refractivity contribution is 6.31. The molecule has 1 atom stereocenters. The molecule has 0 aliphatic rings. The van der Waals surface area contributed by atoms with Crippen molar-refractivity contribution in [1.29, 1.82) is 0 Å². The van der Waals surface area contributed by atoms with Crippen LogP contribution in [0.5, 0.6) is 0 Å². The van der Waals surface area contributed by atoms with Crippen LogP contribution in [0.25, 0.3) is 0 Å². The second-order valence-corrected chi connectivity index (χ2v) is 5.37. The molecule has 4 nitrogen and oxygen atoms in total. The molecular weight excluding hydrogens is 274 g/mol. The Kier molecular flexibility index (Phi) is 4.45. The first-order valence-corrected chi connectivity index (χ1v) is 6.90. The molecule has 0 saturated carbocycles. The van der Waals surface area contributed by atoms with Gasteiger partial charge in [0.25, 0.3) is 5.91 Å². The predicted octanol–water partition coefficient (Wildman–Crippen LogP) is 2.74. The smallest absolute Gasteiger partial charge is 0.269 e. The van der Waals surface area contributed by atoms with Gasteiger partial charge in [-0.15, -0.1) is 0 Å². The Labute approximate surface area is 123 Å². The summed E-state index contributed by atoms with van der Waals surface area (Å²) in [6.45, 7) is 3.83. The van der Waals surface area contributed by atoms with Crippen molar-refractivity contribution in [1.82, 2.24) is 15.1 Å². The Morgan fingerprint density at radius 2 is 2.15 bits per heavy atom. The molecule has 0 radical (unpaired) electrons. The van der Waals surface area contributed by atoms with Crippen LogP contribution in [-0.4, -0.2) is 21.7 Å². The van der Waals surface area contributed by atoms with Gasteiger partial charge in [0.2, 0.25) is 0 Å². The van der Waals surface area contributed by atoms with Gasteiger partial charge in [0.05, 0.1) is 5.69 Å². The lowest BCUT2D eigenvalue weighted by Crippen LogP contribution is -2.35. The zero-order valence-corrected chi connectivity index (χ0v) is 12.6. The highest BCUT2D eigenvalue weighted by Crippen LogP contribution is 2.16. The molecule has 5 heteroatoms. The van der Waals surface area contributed by atoms with Crippen molar-refractivity contribution < 1.29 is 4.79 Å². The van der Waals surface area contributed by atoms with Crippen LogP contribution in [0.1, 0.15) is 28.7 Å². The minimum Gasteiger partial charge on any atom is -0.348 e. The number of aryl methyl sites for hydroxylation is 2. The number of rotatable bonds is 4. The molecule has 2 rings (SSSR count). The average Bonchev–Trinajstić information content (AvgIpc) is 2.71. The van der Waals surface area contributed by atoms with E-state index in [-0.39, 0.29) is 11.9 Å². The zero-order chi connectivity index (χ0) is 14.7. The fraction of sp³-hybridized carbons (Fsp3) is 0.333. The number of carbonyl (C=O) groups is 1. The Morgan fingerprint density at radius 3 is 2.75 bits per heavy atom. The van der Waals surface area contributed by atoms with Crippen LogP contribution in [0.3, 0.4) is 0 Å². The number of aromatic nitrogens is 2. The molecule has 0 saturated heterocycles. The molecule has 1 N–H and O–H groups in total. The molecule has 0 spiro atoms. The number of halogens is 1. The van der Waals surface area contributed by atoms with Gasteiger partial charge in [-0.2, -0.15) is 5.10 Å². The third-order valence-corrected chi connectivity index (χ3v) is 3.46. The average molecular weight is 292 g/mol. The van der Waals surface area contributed by atoms with Crippen LogP contribution in [0, 0.1) is 6.92 Å². The summed E-state index contributed by atoms with van der Waals surface area (Å²) in [6.07, 6.45) is 0.697. The molecular formula is C15H18ClN3O. The molecule has 20 heavy (non-hydrogen) atoms. The molecule has 2 aromatic rings. The van der Waals surface area contributed by atoms with E-state index in [9.17, 15) is 4.79 Å². The Bertz CT molecular complexity index is 621. The van der Waals surface area contributed by atoms with Crippen molar-refractivity contribution in [3.8, 4) is 0 Å². The maximum atomic E-state index is 12.2. The van der Waals surface area contributed by atoms with Crippen molar-refractivity contribution in [2.75, 3.05) is 0 Å². The lowest BCUT2D eigenvalue weighted by atomic mass is 10.1. The van der Waals surface area contributed by atoms with E-state index in [0.717, 1.165) is 16.3 Å². The van der Waals surface area contributed by atoms with E-state index < -0.39 is 0 Å². The molecule has 106 valence electrons. The summed E-state index contributed by atoms with van der Waals surface area (Å²) in [4.78, 5) is 12.2. The van der Waals surface area contributed by atoms with E-state index in [1.165, 1.54) is 0 Å². The van der Waals surface area contributed by atoms with E-state index in [1.807, 2.05) is 38.1 Å². The van der Waals surface area contributed by atoms with Crippen molar-refractivity contribution in [2.24, 2.45) is 7.05 Å². The third kappa shape index (κ3) is 3.39. The number of nitrogens with zero attached hydrogens (tertiary/aromatic N) is 2. The van der Waals surface area contributed by atoms with Crippen molar-refractivity contribution in [3.63, 3.8) is 0 Å². The summed E-state index contributed by atoms with van der Waals surface area (Å²) in [6, 6.07) is 9.44. The minimum absolute atomic E-state index is 0.00222. The topological polar surface area (TPSA) is 46.9 Å². The second kappa shape index (κ2) is 6.09. The van der Waals surface area contributed by atoms with Gasteiger partial charge in [0.1, 0.15) is 5.69 Å². The molecule has 0 aliphatic heterocycles. The van der Waals surface area contributed by atoms with Gasteiger partial charge in [-0.3, -0.25) is 9.48 Å². The van der Waals surface area contributed by atoms with E-state index in [4.69, 9.17) is 11.6 Å². The van der Waals surface area contributed by atoms with Crippen LogP contribution in [-0.2, 0) is 13.5 Å². The molecule has 1 aromatic carbocycles. The standard InChI is InChI=1S/C15H18ClN3O/c1-10(8-12-6-4-5-7-13(12)16)17-15(20)14-9-11(2)18-19(14)3/h4-7,9-10H,8H2,1-3H3,(H,17,20)/t10-/m1/s1. The molecule has 1 amide bonds. The molecule has 1 aromatic heterocycles. The first kappa shape index (κ1) is 14.6. The summed E-state index contributed by atoms with van der Waals surface area (Å²) in [5.74, 6) is -0.118. The quantitative estimate of drug-likeness (QED) is 0.941. The van der Waals surface area contributed by atoms with E-state index >= 15 is 0 Å². The predicted molar refractivity (Wildman–Crippen MR) is 80.0 cm³/mol. The second-order valence-electron chi connectivity index (χ2n) is 4.96. The van der Waals surface area contributed by atoms with Crippen LogP contribution in [0.15, 0.2) is 30.3 Å². The number of hydrogen-bond acceptors (Lipinski definition) is 2. The number of nitrogens with one attached hydrogen (secondary N) is 1. The maximum Gasteiger partial charge on any atom is 0.269 e. The summed E-state index contributed by atoms with van der Waals surface area (Å²) in [5, 5.41) is 7.87. The summed E-state index contributed by atoms with van der Waals surface area (Å²) >= 11 is 6.12. The van der Waals surface area contributed by atoms with Gasteiger partial charge >= 0.3 is 0 Å². The van der Waals surface area contributed by atoms with Crippen molar-refractivity contribution in [3.05, 3.63) is 52.3 Å². The first-order chi connectivity index (χ1) is 9.47. The van der Waals surface area contributed by atoms with Gasteiger partial charge in [-0.05, 0) is 38.0 Å². The van der Waals surface area contributed by atoms with Gasteiger partial charge < -0.3 is 5.32 Å². The Balaban J connectivity index is 2.01. The Morgan fingerprint density at radius 1 is 1.45 bits per heavy atom. The lowest BCUT2D eigenvalue weighted by molar-refractivity contribution is 0.0930. The number of amides is 1. The van der Waals surface area contributed by atoms with Gasteiger partial charge in [-0.1, -0.05) is 29.8 Å². The van der Waals surface area contributed by atoms with Crippen molar-refractivity contribution in [2.45, 2.75) is 26.3 Å². The summed E-state index contributed by atoms with van der Waals surface area (Å²) in [5.41, 5.74) is 2.42. The summed E-state index contributed by atoms with van der Waals surface area (Å²) < 4.78 is 1.59. The normalized spacial score (nSPS) is 12.2. The fourth-order valence-corrected chi connectivity index (χ4v) is 2.38. The van der Waals surface area contributed by atoms with Crippen molar-refractivity contribution >= 4 is 17.5 Å². The summed E-state index contributed by atoms with van der Waals surface area (Å²) in [7, 11) is 1.76. The number of hydrogen-bond donors (Lipinski definition) is 1. The van der Waals surface area contributed by atoms with Crippen LogP contribution in [0.2, 0.25) is 5.02 Å². The zero-order valence-electron chi connectivity index (χ0n) is 11.9. The third-order valence-electron chi connectivity index (χ3n) is 3.10. The highest BCUT2D eigenvalue weighted by atomic mass is 35.5. The SMILES string of the molecule is Cc1cc(C(=O)N[C@H](C)Cc2ccccc2Cl)n(C)n1. The lowest BCUT2D eigenvalue weighted by Gasteiger charge is -2.14. The largest absolute Gasteiger partial charge is 0.348 e. The first-order valence-electron chi connectivity index (χ1n) is 6.52. The van der Waals surface area contributed by atoms with Gasteiger partial charge in [0, 0.05) is 18.1 Å². The maximum absolute atomic E-state index is 12.2. The van der Waals surface area contributed by atoms with Crippen LogP contribution >= 0.6 is 11.6 Å². The monoisotopic (exact) mass is 291 g/mol. The number of carbonyl (C=O) groups excluding carboxylic acids is 1. The van der Waals surface area contributed by atoms with E-state index in [2.05, 4.69) is 10.4 Å². The van der Waals surface area contributed by atoms with Crippen LogP contribution in [0.4, 0.5) is 0 Å². The minimum atomic E-state index is -0.118.